The van der Waals surface area contributed by atoms with Gasteiger partial charge in [0.2, 0.25) is 5.91 Å². The molecule has 198 valence electrons. The predicted octanol–water partition coefficient (Wildman–Crippen LogP) is 5.11. The van der Waals surface area contributed by atoms with Crippen LogP contribution in [0.1, 0.15) is 36.9 Å². The minimum Gasteiger partial charge on any atom is -0.491 e. The van der Waals surface area contributed by atoms with Gasteiger partial charge in [0, 0.05) is 9.49 Å². The second-order valence-electron chi connectivity index (χ2n) is 9.08. The highest BCUT2D eigenvalue weighted by molar-refractivity contribution is 14.1. The number of imide groups is 1. The van der Waals surface area contributed by atoms with Crippen LogP contribution in [-0.2, 0) is 9.59 Å². The zero-order chi connectivity index (χ0) is 27.4. The Labute approximate surface area is 239 Å². The molecule has 1 aliphatic rings. The van der Waals surface area contributed by atoms with E-state index in [4.69, 9.17) is 16.3 Å². The zero-order valence-corrected chi connectivity index (χ0v) is 23.6. The molecule has 3 aromatic carbocycles. The van der Waals surface area contributed by atoms with Crippen LogP contribution in [0.2, 0.25) is 5.02 Å². The minimum atomic E-state index is -1.14. The highest BCUT2D eigenvalue weighted by atomic mass is 127. The summed E-state index contributed by atoms with van der Waals surface area (Å²) in [6.45, 7) is 3.55. The molecule has 4 amide bonds. The van der Waals surface area contributed by atoms with Gasteiger partial charge in [0.25, 0.3) is 5.91 Å². The molecule has 1 heterocycles. The van der Waals surface area contributed by atoms with E-state index in [1.807, 2.05) is 30.3 Å². The SMILES string of the molecule is CC(c1ccccc1)C(C(=O)Nc1ccc(I)cc1Cl)N1C(=O)N[C@H](c2ccc(OC[C@@H](C)O)cc2)C1=O. The van der Waals surface area contributed by atoms with E-state index in [9.17, 15) is 19.5 Å². The van der Waals surface area contributed by atoms with Crippen LogP contribution in [-0.4, -0.2) is 46.6 Å². The standard InChI is InChI=1S/C28H27ClIN3O5/c1-16(34)15-38-21-11-8-19(9-12-21)24-27(36)33(28(37)32-24)25(17(2)18-6-4-3-5-7-18)26(35)31-23-13-10-20(30)14-22(23)29/h3-14,16-17,24-25,34H,15H2,1-2H3,(H,31,35)(H,32,37)/t16-,17?,24-,25?/m1/s1. The number of hydrogen-bond donors (Lipinski definition) is 3. The average Bonchev–Trinajstić information content (AvgIpc) is 3.19. The molecule has 0 aromatic heterocycles. The topological polar surface area (TPSA) is 108 Å². The molecule has 0 saturated carbocycles. The molecule has 8 nitrogen and oxygen atoms in total. The normalized spacial score (nSPS) is 17.5. The number of halogens is 2. The number of carbonyl (C=O) groups is 3. The van der Waals surface area contributed by atoms with Crippen molar-refractivity contribution < 1.29 is 24.2 Å². The average molecular weight is 648 g/mol. The molecule has 0 aliphatic carbocycles. The molecule has 1 saturated heterocycles. The van der Waals surface area contributed by atoms with Crippen molar-refractivity contribution in [2.45, 2.75) is 38.0 Å². The summed E-state index contributed by atoms with van der Waals surface area (Å²) >= 11 is 8.46. The first-order valence-electron chi connectivity index (χ1n) is 12.0. The molecule has 0 bridgehead atoms. The smallest absolute Gasteiger partial charge is 0.325 e. The Morgan fingerprint density at radius 3 is 2.42 bits per heavy atom. The Bertz CT molecular complexity index is 1320. The summed E-state index contributed by atoms with van der Waals surface area (Å²) in [5, 5.41) is 15.3. The highest BCUT2D eigenvalue weighted by Gasteiger charge is 2.47. The summed E-state index contributed by atoms with van der Waals surface area (Å²) in [6.07, 6.45) is -0.622. The van der Waals surface area contributed by atoms with Gasteiger partial charge >= 0.3 is 6.03 Å². The van der Waals surface area contributed by atoms with Gasteiger partial charge in [0.15, 0.2) is 0 Å². The van der Waals surface area contributed by atoms with Gasteiger partial charge < -0.3 is 20.5 Å². The lowest BCUT2D eigenvalue weighted by atomic mass is 9.91. The number of nitrogens with one attached hydrogen (secondary N) is 2. The lowest BCUT2D eigenvalue weighted by molar-refractivity contribution is -0.134. The third-order valence-electron chi connectivity index (χ3n) is 6.21. The molecule has 1 fully saturated rings. The van der Waals surface area contributed by atoms with E-state index in [1.165, 1.54) is 0 Å². The number of aliphatic hydroxyl groups is 1. The van der Waals surface area contributed by atoms with Crippen LogP contribution in [0.5, 0.6) is 5.75 Å². The Kier molecular flexibility index (Phi) is 8.91. The number of benzene rings is 3. The number of hydrogen-bond acceptors (Lipinski definition) is 5. The molecule has 4 atom stereocenters. The number of amides is 4. The van der Waals surface area contributed by atoms with Crippen molar-refractivity contribution in [3.63, 3.8) is 0 Å². The minimum absolute atomic E-state index is 0.130. The van der Waals surface area contributed by atoms with Gasteiger partial charge in [-0.15, -0.1) is 0 Å². The van der Waals surface area contributed by atoms with E-state index < -0.39 is 42.0 Å². The van der Waals surface area contributed by atoms with E-state index in [0.29, 0.717) is 22.0 Å². The predicted molar refractivity (Wildman–Crippen MR) is 153 cm³/mol. The largest absolute Gasteiger partial charge is 0.491 e. The van der Waals surface area contributed by atoms with Gasteiger partial charge in [-0.25, -0.2) is 9.69 Å². The maximum Gasteiger partial charge on any atom is 0.325 e. The van der Waals surface area contributed by atoms with E-state index in [0.717, 1.165) is 14.0 Å². The third kappa shape index (κ3) is 6.28. The molecular weight excluding hydrogens is 621 g/mol. The van der Waals surface area contributed by atoms with Crippen LogP contribution < -0.4 is 15.4 Å². The quantitative estimate of drug-likeness (QED) is 0.221. The van der Waals surface area contributed by atoms with E-state index in [2.05, 4.69) is 33.2 Å². The lowest BCUT2D eigenvalue weighted by Crippen LogP contribution is -2.50. The first kappa shape index (κ1) is 27.9. The van der Waals surface area contributed by atoms with Crippen molar-refractivity contribution in [3.05, 3.63) is 92.5 Å². The number of urea groups is 1. The fourth-order valence-electron chi connectivity index (χ4n) is 4.26. The second kappa shape index (κ2) is 12.1. The van der Waals surface area contributed by atoms with Crippen LogP contribution in [0.25, 0.3) is 0 Å². The summed E-state index contributed by atoms with van der Waals surface area (Å²) in [5.74, 6) is -1.06. The zero-order valence-electron chi connectivity index (χ0n) is 20.7. The van der Waals surface area contributed by atoms with E-state index in [1.54, 1.807) is 56.3 Å². The number of rotatable bonds is 9. The van der Waals surface area contributed by atoms with Gasteiger partial charge in [-0.1, -0.05) is 61.0 Å². The van der Waals surface area contributed by atoms with Crippen molar-refractivity contribution >= 4 is 57.7 Å². The lowest BCUT2D eigenvalue weighted by Gasteiger charge is -2.30. The van der Waals surface area contributed by atoms with Crippen LogP contribution in [0.15, 0.2) is 72.8 Å². The van der Waals surface area contributed by atoms with Crippen molar-refractivity contribution in [1.82, 2.24) is 10.2 Å². The van der Waals surface area contributed by atoms with Crippen LogP contribution in [0.4, 0.5) is 10.5 Å². The van der Waals surface area contributed by atoms with Gasteiger partial charge in [0.05, 0.1) is 16.8 Å². The number of aliphatic hydroxyl groups excluding tert-OH is 1. The number of anilines is 1. The molecule has 10 heteroatoms. The maximum absolute atomic E-state index is 13.7. The van der Waals surface area contributed by atoms with E-state index >= 15 is 0 Å². The van der Waals surface area contributed by atoms with Crippen molar-refractivity contribution in [1.29, 1.82) is 0 Å². The molecular formula is C28H27ClIN3O5. The van der Waals surface area contributed by atoms with Crippen molar-refractivity contribution in [3.8, 4) is 5.75 Å². The van der Waals surface area contributed by atoms with Crippen molar-refractivity contribution in [2.24, 2.45) is 0 Å². The Hall–Kier alpha value is -3.15. The van der Waals surface area contributed by atoms with Gasteiger partial charge in [-0.3, -0.25) is 9.59 Å². The Morgan fingerprint density at radius 2 is 1.79 bits per heavy atom. The summed E-state index contributed by atoms with van der Waals surface area (Å²) in [6, 6.07) is 18.3. The summed E-state index contributed by atoms with van der Waals surface area (Å²) in [4.78, 5) is 41.5. The van der Waals surface area contributed by atoms with Gasteiger partial charge in [-0.2, -0.15) is 0 Å². The van der Waals surface area contributed by atoms with Crippen LogP contribution >= 0.6 is 34.2 Å². The molecule has 3 aromatic rings. The number of nitrogens with zero attached hydrogens (tertiary/aromatic N) is 1. The molecule has 4 rings (SSSR count). The molecule has 3 N–H and O–H groups in total. The fourth-order valence-corrected chi connectivity index (χ4v) is 5.16. The Balaban J connectivity index is 1.63. The first-order valence-corrected chi connectivity index (χ1v) is 13.5. The molecule has 1 aliphatic heterocycles. The second-order valence-corrected chi connectivity index (χ2v) is 10.7. The Morgan fingerprint density at radius 1 is 1.11 bits per heavy atom. The molecule has 38 heavy (non-hydrogen) atoms. The number of carbonyl (C=O) groups excluding carboxylic acids is 3. The third-order valence-corrected chi connectivity index (χ3v) is 7.19. The number of ether oxygens (including phenoxy) is 1. The molecule has 2 unspecified atom stereocenters. The van der Waals surface area contributed by atoms with Gasteiger partial charge in [-0.05, 0) is 71.0 Å². The highest BCUT2D eigenvalue weighted by Crippen LogP contribution is 2.32. The molecule has 0 spiro atoms. The molecule has 0 radical (unpaired) electrons. The van der Waals surface area contributed by atoms with Crippen LogP contribution in [0.3, 0.4) is 0 Å². The summed E-state index contributed by atoms with van der Waals surface area (Å²) < 4.78 is 6.38. The summed E-state index contributed by atoms with van der Waals surface area (Å²) in [7, 11) is 0. The van der Waals surface area contributed by atoms with Crippen molar-refractivity contribution in [2.75, 3.05) is 11.9 Å². The van der Waals surface area contributed by atoms with Gasteiger partial charge in [0.1, 0.15) is 24.4 Å². The summed E-state index contributed by atoms with van der Waals surface area (Å²) in [5.41, 5.74) is 1.73. The first-order chi connectivity index (χ1) is 18.2. The maximum atomic E-state index is 13.7. The monoisotopic (exact) mass is 647 g/mol. The van der Waals surface area contributed by atoms with E-state index in [-0.39, 0.29) is 6.61 Å². The fraction of sp³-hybridized carbons (Fsp3) is 0.250. The van der Waals surface area contributed by atoms with Crippen LogP contribution in [0, 0.1) is 3.57 Å².